The van der Waals surface area contributed by atoms with Crippen LogP contribution in [0.1, 0.15) is 18.4 Å². The molecule has 0 unspecified atom stereocenters. The van der Waals surface area contributed by atoms with Crippen LogP contribution in [0.3, 0.4) is 0 Å². The number of benzene rings is 1. The van der Waals surface area contributed by atoms with E-state index in [1.165, 1.54) is 5.56 Å². The highest BCUT2D eigenvalue weighted by Gasteiger charge is 2.18. The fraction of sp³-hybridized carbons (Fsp3) is 0.438. The monoisotopic (exact) mass is 256 g/mol. The van der Waals surface area contributed by atoms with E-state index in [9.17, 15) is 4.79 Å². The average molecular weight is 256 g/mol. The Kier molecular flexibility index (Phi) is 5.00. The molecule has 0 saturated carbocycles. The van der Waals surface area contributed by atoms with Gasteiger partial charge in [0, 0.05) is 19.5 Å². The summed E-state index contributed by atoms with van der Waals surface area (Å²) in [5.41, 5.74) is 1.29. The fourth-order valence-electron chi connectivity index (χ4n) is 2.16. The Morgan fingerprint density at radius 1 is 1.26 bits per heavy atom. The van der Waals surface area contributed by atoms with Crippen LogP contribution in [0.15, 0.2) is 30.3 Å². The molecule has 1 aliphatic heterocycles. The van der Waals surface area contributed by atoms with E-state index in [1.54, 1.807) is 0 Å². The lowest BCUT2D eigenvalue weighted by Crippen LogP contribution is -2.25. The number of hydrogen-bond acceptors (Lipinski definition) is 2. The number of hydrogen-bond donors (Lipinski definition) is 0. The maximum absolute atomic E-state index is 11.4. The third kappa shape index (κ3) is 4.42. The van der Waals surface area contributed by atoms with Crippen molar-refractivity contribution in [3.05, 3.63) is 35.9 Å². The highest BCUT2D eigenvalue weighted by molar-refractivity contribution is 5.78. The van der Waals surface area contributed by atoms with Gasteiger partial charge in [0.25, 0.3) is 0 Å². The topological polar surface area (TPSA) is 23.6 Å². The molecular formula is C16H20N2O. The number of likely N-dealkylation sites (tertiary alicyclic amines) is 1. The van der Waals surface area contributed by atoms with Gasteiger partial charge >= 0.3 is 0 Å². The van der Waals surface area contributed by atoms with Crippen molar-refractivity contribution >= 4 is 5.91 Å². The van der Waals surface area contributed by atoms with Crippen molar-refractivity contribution in [2.75, 3.05) is 26.7 Å². The molecule has 1 aromatic carbocycles. The molecule has 0 aromatic heterocycles. The first-order chi connectivity index (χ1) is 9.25. The molecule has 2 rings (SSSR count). The Morgan fingerprint density at radius 3 is 2.74 bits per heavy atom. The molecule has 100 valence electrons. The van der Waals surface area contributed by atoms with Gasteiger partial charge in [0.1, 0.15) is 0 Å². The van der Waals surface area contributed by atoms with E-state index in [-0.39, 0.29) is 5.91 Å². The fourth-order valence-corrected chi connectivity index (χ4v) is 2.16. The Labute approximate surface area is 115 Å². The van der Waals surface area contributed by atoms with Crippen LogP contribution < -0.4 is 0 Å². The first kappa shape index (κ1) is 13.6. The maximum atomic E-state index is 11.4. The van der Waals surface area contributed by atoms with Gasteiger partial charge in [0.2, 0.25) is 5.91 Å². The summed E-state index contributed by atoms with van der Waals surface area (Å²) < 4.78 is 0. The smallest absolute Gasteiger partial charge is 0.223 e. The maximum Gasteiger partial charge on any atom is 0.223 e. The zero-order chi connectivity index (χ0) is 13.5. The second-order valence-electron chi connectivity index (χ2n) is 4.93. The summed E-state index contributed by atoms with van der Waals surface area (Å²) in [6.45, 7) is 3.08. The van der Waals surface area contributed by atoms with E-state index in [0.29, 0.717) is 13.0 Å². The van der Waals surface area contributed by atoms with Crippen molar-refractivity contribution < 1.29 is 4.79 Å². The van der Waals surface area contributed by atoms with E-state index in [4.69, 9.17) is 0 Å². The van der Waals surface area contributed by atoms with Crippen LogP contribution in [0.4, 0.5) is 0 Å². The number of amides is 1. The molecule has 3 heteroatoms. The van der Waals surface area contributed by atoms with Crippen molar-refractivity contribution in [2.45, 2.75) is 19.4 Å². The summed E-state index contributed by atoms with van der Waals surface area (Å²) in [7, 11) is 2.06. The summed E-state index contributed by atoms with van der Waals surface area (Å²) in [6, 6.07) is 10.4. The summed E-state index contributed by atoms with van der Waals surface area (Å²) in [6.07, 6.45) is 1.67. The lowest BCUT2D eigenvalue weighted by atomic mass is 10.2. The van der Waals surface area contributed by atoms with Gasteiger partial charge in [-0.25, -0.2) is 0 Å². The Balaban J connectivity index is 1.72. The molecule has 0 aliphatic carbocycles. The van der Waals surface area contributed by atoms with Crippen LogP contribution in [0.25, 0.3) is 0 Å². The predicted molar refractivity (Wildman–Crippen MR) is 76.4 cm³/mol. The highest BCUT2D eigenvalue weighted by atomic mass is 16.2. The molecule has 0 N–H and O–H groups in total. The highest BCUT2D eigenvalue weighted by Crippen LogP contribution is 2.07. The van der Waals surface area contributed by atoms with E-state index in [2.05, 4.69) is 35.9 Å². The van der Waals surface area contributed by atoms with Crippen molar-refractivity contribution in [3.63, 3.8) is 0 Å². The molecule has 0 bridgehead atoms. The Bertz CT molecular complexity index is 473. The number of nitrogens with zero attached hydrogens (tertiary/aromatic N) is 2. The van der Waals surface area contributed by atoms with Crippen molar-refractivity contribution in [1.82, 2.24) is 9.80 Å². The van der Waals surface area contributed by atoms with Gasteiger partial charge in [0.05, 0.1) is 13.1 Å². The van der Waals surface area contributed by atoms with Gasteiger partial charge in [0.15, 0.2) is 0 Å². The van der Waals surface area contributed by atoms with E-state index in [0.717, 1.165) is 26.1 Å². The van der Waals surface area contributed by atoms with Crippen molar-refractivity contribution in [2.24, 2.45) is 0 Å². The first-order valence-electron chi connectivity index (χ1n) is 6.71. The van der Waals surface area contributed by atoms with Crippen molar-refractivity contribution in [3.8, 4) is 11.8 Å². The second kappa shape index (κ2) is 6.96. The number of carbonyl (C=O) groups excluding carboxylic acids is 1. The van der Waals surface area contributed by atoms with Gasteiger partial charge in [-0.1, -0.05) is 42.2 Å². The molecule has 1 saturated heterocycles. The lowest BCUT2D eigenvalue weighted by Gasteiger charge is -2.13. The second-order valence-corrected chi connectivity index (χ2v) is 4.93. The van der Waals surface area contributed by atoms with Gasteiger partial charge in [-0.2, -0.15) is 0 Å². The number of carbonyl (C=O) groups is 1. The number of rotatable bonds is 4. The van der Waals surface area contributed by atoms with E-state index in [1.807, 2.05) is 23.1 Å². The average Bonchev–Trinajstić information content (AvgIpc) is 2.81. The minimum absolute atomic E-state index is 0.243. The van der Waals surface area contributed by atoms with Gasteiger partial charge < -0.3 is 4.90 Å². The Hall–Kier alpha value is -1.79. The minimum Gasteiger partial charge on any atom is -0.332 e. The summed E-state index contributed by atoms with van der Waals surface area (Å²) in [4.78, 5) is 15.4. The van der Waals surface area contributed by atoms with Crippen LogP contribution in [-0.2, 0) is 11.3 Å². The van der Waals surface area contributed by atoms with E-state index < -0.39 is 0 Å². The van der Waals surface area contributed by atoms with Crippen LogP contribution in [0, 0.1) is 11.8 Å². The largest absolute Gasteiger partial charge is 0.332 e. The van der Waals surface area contributed by atoms with Crippen LogP contribution in [0.2, 0.25) is 0 Å². The summed E-state index contributed by atoms with van der Waals surface area (Å²) >= 11 is 0. The SMILES string of the molecule is CN(CC#CCN1CCCC1=O)Cc1ccccc1. The molecule has 1 aliphatic rings. The summed E-state index contributed by atoms with van der Waals surface area (Å²) in [5, 5.41) is 0. The normalized spacial score (nSPS) is 14.6. The zero-order valence-electron chi connectivity index (χ0n) is 11.4. The summed E-state index contributed by atoms with van der Waals surface area (Å²) in [5.74, 6) is 6.47. The van der Waals surface area contributed by atoms with E-state index >= 15 is 0 Å². The van der Waals surface area contributed by atoms with Crippen molar-refractivity contribution in [1.29, 1.82) is 0 Å². The molecule has 1 aromatic rings. The molecule has 1 heterocycles. The standard InChI is InChI=1S/C16H20N2O/c1-17(14-15-8-3-2-4-9-15)11-5-6-12-18-13-7-10-16(18)19/h2-4,8-9H,7,10-14H2,1H3. The van der Waals surface area contributed by atoms with Crippen LogP contribution in [0.5, 0.6) is 0 Å². The quantitative estimate of drug-likeness (QED) is 0.766. The van der Waals surface area contributed by atoms with Gasteiger partial charge in [-0.05, 0) is 19.0 Å². The van der Waals surface area contributed by atoms with Crippen LogP contribution in [-0.4, -0.2) is 42.4 Å². The third-order valence-corrected chi connectivity index (χ3v) is 3.21. The predicted octanol–water partition coefficient (Wildman–Crippen LogP) is 1.74. The zero-order valence-corrected chi connectivity index (χ0v) is 11.4. The molecule has 0 spiro atoms. The minimum atomic E-state index is 0.243. The molecule has 19 heavy (non-hydrogen) atoms. The van der Waals surface area contributed by atoms with Gasteiger partial charge in [-0.15, -0.1) is 0 Å². The molecular weight excluding hydrogens is 236 g/mol. The molecule has 3 nitrogen and oxygen atoms in total. The molecule has 0 atom stereocenters. The first-order valence-corrected chi connectivity index (χ1v) is 6.71. The molecule has 0 radical (unpaired) electrons. The molecule has 1 fully saturated rings. The van der Waals surface area contributed by atoms with Crippen LogP contribution >= 0.6 is 0 Å². The molecule has 1 amide bonds. The lowest BCUT2D eigenvalue weighted by molar-refractivity contribution is -0.127. The third-order valence-electron chi connectivity index (χ3n) is 3.21. The van der Waals surface area contributed by atoms with Gasteiger partial charge in [-0.3, -0.25) is 9.69 Å². The Morgan fingerprint density at radius 2 is 2.05 bits per heavy atom.